The highest BCUT2D eigenvalue weighted by atomic mass is 16.3. The van der Waals surface area contributed by atoms with E-state index in [1.165, 1.54) is 0 Å². The lowest BCUT2D eigenvalue weighted by molar-refractivity contribution is -0.121. The highest BCUT2D eigenvalue weighted by molar-refractivity contribution is 5.81. The standard InChI is InChI=1S/C15H21N3O2/c1-11(2)15(3,10-16)18-14(20)8-17-13-6-4-5-12(7-13)9-19/h4-7,11,17,19H,8-9H2,1-3H3,(H,18,20)/t15-/m1/s1. The quantitative estimate of drug-likeness (QED) is 0.737. The summed E-state index contributed by atoms with van der Waals surface area (Å²) in [5.74, 6) is -0.216. The van der Waals surface area contributed by atoms with Gasteiger partial charge in [0.15, 0.2) is 0 Å². The van der Waals surface area contributed by atoms with Gasteiger partial charge >= 0.3 is 0 Å². The van der Waals surface area contributed by atoms with Crippen molar-refractivity contribution in [2.45, 2.75) is 32.9 Å². The highest BCUT2D eigenvalue weighted by Crippen LogP contribution is 2.15. The Morgan fingerprint density at radius 2 is 2.20 bits per heavy atom. The van der Waals surface area contributed by atoms with Crippen LogP contribution in [0.15, 0.2) is 24.3 Å². The fourth-order valence-electron chi connectivity index (χ4n) is 1.60. The first-order valence-electron chi connectivity index (χ1n) is 6.57. The van der Waals surface area contributed by atoms with Gasteiger partial charge in [-0.05, 0) is 30.5 Å². The molecule has 0 aliphatic heterocycles. The fraction of sp³-hybridized carbons (Fsp3) is 0.467. The summed E-state index contributed by atoms with van der Waals surface area (Å²) in [5, 5.41) is 23.9. The third-order valence-electron chi connectivity index (χ3n) is 3.35. The summed E-state index contributed by atoms with van der Waals surface area (Å²) >= 11 is 0. The maximum absolute atomic E-state index is 11.9. The average molecular weight is 275 g/mol. The minimum absolute atomic E-state index is 0.0224. The van der Waals surface area contributed by atoms with Gasteiger partial charge in [-0.25, -0.2) is 0 Å². The Morgan fingerprint density at radius 3 is 2.75 bits per heavy atom. The lowest BCUT2D eigenvalue weighted by atomic mass is 9.90. The maximum Gasteiger partial charge on any atom is 0.240 e. The second-order valence-electron chi connectivity index (χ2n) is 5.23. The van der Waals surface area contributed by atoms with Crippen LogP contribution in [-0.2, 0) is 11.4 Å². The van der Waals surface area contributed by atoms with Crippen molar-refractivity contribution in [3.8, 4) is 6.07 Å². The molecule has 0 unspecified atom stereocenters. The normalized spacial score (nSPS) is 13.4. The summed E-state index contributed by atoms with van der Waals surface area (Å²) in [7, 11) is 0. The lowest BCUT2D eigenvalue weighted by Gasteiger charge is -2.27. The van der Waals surface area contributed by atoms with Gasteiger partial charge in [-0.3, -0.25) is 4.79 Å². The number of aliphatic hydroxyl groups is 1. The molecule has 1 aromatic rings. The summed E-state index contributed by atoms with van der Waals surface area (Å²) in [6.07, 6.45) is 0. The molecule has 0 spiro atoms. The van der Waals surface area contributed by atoms with Crippen LogP contribution in [0.25, 0.3) is 0 Å². The van der Waals surface area contributed by atoms with E-state index in [9.17, 15) is 4.79 Å². The zero-order chi connectivity index (χ0) is 15.2. The molecule has 0 saturated heterocycles. The Morgan fingerprint density at radius 1 is 1.50 bits per heavy atom. The van der Waals surface area contributed by atoms with Crippen LogP contribution in [0.4, 0.5) is 5.69 Å². The van der Waals surface area contributed by atoms with Gasteiger partial charge in [0, 0.05) is 5.69 Å². The van der Waals surface area contributed by atoms with Crippen LogP contribution in [0.3, 0.4) is 0 Å². The number of carbonyl (C=O) groups excluding carboxylic acids is 1. The van der Waals surface area contributed by atoms with E-state index >= 15 is 0 Å². The molecule has 3 N–H and O–H groups in total. The molecule has 0 fully saturated rings. The second kappa shape index (κ2) is 6.92. The second-order valence-corrected chi connectivity index (χ2v) is 5.23. The third kappa shape index (κ3) is 4.25. The first-order chi connectivity index (χ1) is 9.41. The molecule has 0 radical (unpaired) electrons. The minimum atomic E-state index is -0.869. The van der Waals surface area contributed by atoms with Gasteiger partial charge in [0.2, 0.25) is 5.91 Å². The Kier molecular flexibility index (Phi) is 5.53. The van der Waals surface area contributed by atoms with Crippen LogP contribution in [0.2, 0.25) is 0 Å². The van der Waals surface area contributed by atoms with Gasteiger partial charge in [0.1, 0.15) is 5.54 Å². The number of nitrogens with one attached hydrogen (secondary N) is 2. The summed E-state index contributed by atoms with van der Waals surface area (Å²) in [6.45, 7) is 5.53. The number of hydrogen-bond donors (Lipinski definition) is 3. The summed E-state index contributed by atoms with van der Waals surface area (Å²) in [4.78, 5) is 11.9. The molecule has 0 heterocycles. The van der Waals surface area contributed by atoms with Crippen molar-refractivity contribution in [1.82, 2.24) is 5.32 Å². The molecule has 1 amide bonds. The SMILES string of the molecule is CC(C)[C@@](C)(C#N)NC(=O)CNc1cccc(CO)c1. The van der Waals surface area contributed by atoms with Gasteiger partial charge in [0.05, 0.1) is 19.2 Å². The Bertz CT molecular complexity index is 508. The largest absolute Gasteiger partial charge is 0.392 e. The molecule has 5 nitrogen and oxygen atoms in total. The van der Waals surface area contributed by atoms with Gasteiger partial charge < -0.3 is 15.7 Å². The molecule has 0 bridgehead atoms. The van der Waals surface area contributed by atoms with E-state index in [0.717, 1.165) is 11.3 Å². The van der Waals surface area contributed by atoms with Crippen molar-refractivity contribution in [1.29, 1.82) is 5.26 Å². The van der Waals surface area contributed by atoms with Crippen molar-refractivity contribution in [3.05, 3.63) is 29.8 Å². The number of hydrogen-bond acceptors (Lipinski definition) is 4. The Labute approximate surface area is 119 Å². The van der Waals surface area contributed by atoms with Crippen molar-refractivity contribution in [2.24, 2.45) is 5.92 Å². The van der Waals surface area contributed by atoms with Gasteiger partial charge in [-0.1, -0.05) is 26.0 Å². The number of carbonyl (C=O) groups is 1. The number of nitriles is 1. The molecule has 108 valence electrons. The van der Waals surface area contributed by atoms with E-state index in [4.69, 9.17) is 10.4 Å². The van der Waals surface area contributed by atoms with Crippen LogP contribution >= 0.6 is 0 Å². The van der Waals surface area contributed by atoms with Crippen LogP contribution in [0, 0.1) is 17.2 Å². The number of nitrogens with zero attached hydrogens (tertiary/aromatic N) is 1. The Balaban J connectivity index is 2.57. The van der Waals surface area contributed by atoms with Crippen molar-refractivity contribution in [2.75, 3.05) is 11.9 Å². The number of benzene rings is 1. The average Bonchev–Trinajstić information content (AvgIpc) is 2.45. The maximum atomic E-state index is 11.9. The van der Waals surface area contributed by atoms with E-state index < -0.39 is 5.54 Å². The number of anilines is 1. The molecule has 5 heteroatoms. The topological polar surface area (TPSA) is 85.2 Å². The number of rotatable bonds is 6. The van der Waals surface area contributed by atoms with Gasteiger partial charge in [0.25, 0.3) is 0 Å². The van der Waals surface area contributed by atoms with Gasteiger partial charge in [-0.15, -0.1) is 0 Å². The molecule has 0 aliphatic rings. The predicted octanol–water partition coefficient (Wildman–Crippen LogP) is 1.65. The smallest absolute Gasteiger partial charge is 0.240 e. The van der Waals surface area contributed by atoms with E-state index in [0.29, 0.717) is 0 Å². The molecular weight excluding hydrogens is 254 g/mol. The van der Waals surface area contributed by atoms with E-state index in [1.807, 2.05) is 19.9 Å². The number of amides is 1. The monoisotopic (exact) mass is 275 g/mol. The van der Waals surface area contributed by atoms with Crippen molar-refractivity contribution < 1.29 is 9.90 Å². The predicted molar refractivity (Wildman–Crippen MR) is 77.9 cm³/mol. The molecule has 0 aliphatic carbocycles. The van der Waals surface area contributed by atoms with Crippen LogP contribution < -0.4 is 10.6 Å². The Hall–Kier alpha value is -2.06. The molecule has 1 aromatic carbocycles. The molecule has 0 saturated carbocycles. The summed E-state index contributed by atoms with van der Waals surface area (Å²) < 4.78 is 0. The first kappa shape index (κ1) is 16.0. The third-order valence-corrected chi connectivity index (χ3v) is 3.35. The molecule has 0 aromatic heterocycles. The van der Waals surface area contributed by atoms with Crippen LogP contribution in [0.5, 0.6) is 0 Å². The summed E-state index contributed by atoms with van der Waals surface area (Å²) in [5.41, 5.74) is 0.667. The molecular formula is C15H21N3O2. The van der Waals surface area contributed by atoms with Crippen LogP contribution in [-0.4, -0.2) is 23.1 Å². The molecule has 1 rings (SSSR count). The zero-order valence-electron chi connectivity index (χ0n) is 12.1. The lowest BCUT2D eigenvalue weighted by Crippen LogP contribution is -2.50. The fourth-order valence-corrected chi connectivity index (χ4v) is 1.60. The van der Waals surface area contributed by atoms with Crippen molar-refractivity contribution >= 4 is 11.6 Å². The molecule has 1 atom stereocenters. The minimum Gasteiger partial charge on any atom is -0.392 e. The van der Waals surface area contributed by atoms with E-state index in [2.05, 4.69) is 16.7 Å². The molecule has 20 heavy (non-hydrogen) atoms. The van der Waals surface area contributed by atoms with E-state index in [1.54, 1.807) is 25.1 Å². The van der Waals surface area contributed by atoms with Crippen molar-refractivity contribution in [3.63, 3.8) is 0 Å². The highest BCUT2D eigenvalue weighted by Gasteiger charge is 2.29. The zero-order valence-corrected chi connectivity index (χ0v) is 12.1. The summed E-state index contributed by atoms with van der Waals surface area (Å²) in [6, 6.07) is 9.33. The van der Waals surface area contributed by atoms with Gasteiger partial charge in [-0.2, -0.15) is 5.26 Å². The first-order valence-corrected chi connectivity index (χ1v) is 6.57. The van der Waals surface area contributed by atoms with Crippen LogP contribution in [0.1, 0.15) is 26.3 Å². The van der Waals surface area contributed by atoms with E-state index in [-0.39, 0.29) is 25.0 Å². The number of aliphatic hydroxyl groups excluding tert-OH is 1.